The summed E-state index contributed by atoms with van der Waals surface area (Å²) in [5.41, 5.74) is 4.74. The third-order valence-electron chi connectivity index (χ3n) is 20.8. The van der Waals surface area contributed by atoms with Gasteiger partial charge in [0.2, 0.25) is 9.84 Å². The molecule has 2 N–H and O–H groups in total. The average molecular weight is 2360 g/mol. The van der Waals surface area contributed by atoms with Gasteiger partial charge in [-0.05, 0) is 189 Å². The van der Waals surface area contributed by atoms with Gasteiger partial charge in [-0.1, -0.05) is 140 Å². The Kier molecular flexibility index (Phi) is 46.7. The van der Waals surface area contributed by atoms with Crippen LogP contribution in [-0.4, -0.2) is 117 Å². The van der Waals surface area contributed by atoms with Crippen LogP contribution in [0.2, 0.25) is 0 Å². The van der Waals surface area contributed by atoms with Crippen molar-refractivity contribution < 1.29 is 103 Å². The van der Waals surface area contributed by atoms with Crippen LogP contribution in [0, 0.1) is 11.8 Å². The molecule has 47 heteroatoms. The number of carbonyl (C=O) groups excluding carboxylic acids is 2. The van der Waals surface area contributed by atoms with Crippen LogP contribution in [0.25, 0.3) is 33.4 Å². The highest BCUT2D eigenvalue weighted by Gasteiger charge is 2.52. The summed E-state index contributed by atoms with van der Waals surface area (Å²) in [7, 11) is 2.48. The van der Waals surface area contributed by atoms with Gasteiger partial charge < -0.3 is 24.5 Å². The molecule has 0 bridgehead atoms. The number of aromatic nitrogens is 11. The number of thiazole rings is 3. The Labute approximate surface area is 862 Å². The number of thioether (sulfide) groups is 2. The number of alkyl halides is 15. The molecule has 8 heterocycles. The van der Waals surface area contributed by atoms with E-state index in [0.717, 1.165) is 149 Å². The quantitative estimate of drug-likeness (QED) is 0.0184. The van der Waals surface area contributed by atoms with Crippen molar-refractivity contribution in [1.82, 2.24) is 54.1 Å². The van der Waals surface area contributed by atoms with Crippen LogP contribution in [0.15, 0.2) is 204 Å². The Bertz CT molecular complexity index is 6030. The number of halogens is 19. The highest BCUT2D eigenvalue weighted by atomic mass is 79.9. The van der Waals surface area contributed by atoms with Crippen molar-refractivity contribution in [2.24, 2.45) is 45.8 Å². The molecule has 1 saturated heterocycles. The summed E-state index contributed by atoms with van der Waals surface area (Å²) >= 11 is 20.1. The Morgan fingerprint density at radius 2 is 0.836 bits per heavy atom. The molecule has 1 aliphatic heterocycles. The molecule has 1 fully saturated rings. The maximum absolute atomic E-state index is 13.3. The molecule has 140 heavy (non-hydrogen) atoms. The lowest BCUT2D eigenvalue weighted by molar-refractivity contribution is -0.145. The number of sulfone groups is 1. The SMILES string of the molecule is CCCCC(CC)COC(=O)CCSc1cc(-c2cnn(C)c2)cc(C(F)(F)F)c1.CCCCC(CC)COC(=O)CCSc1cc(Br)cc(C(F)(F)F)c1.CCc1ncc(Br)s1.CCc1ncc(Sc2cc(-c3cnn(C)c3)cc(C(F)(F)F)c2)s1.Cn1cc(-c2cc(C(F)(F)F)cc(S(=O)(=O)c3cnc(CN)s3)c2)cn1.Cn1cc(B2OC(C)(C)C(C)(C)O2)cn1.FC(F)(F)c1cc(Br)cc(Br)c1. The third kappa shape index (κ3) is 39.2. The standard InChI is InChI=1S/C22H29F3N2O2S.C18H24BrF3O2S.C16H14F3N3S2.C15H13F3N4O2S2.C10H17BN2O2.C7H3Br2F3.C5H6BrNS/c1-4-6-7-16(5-2)15-29-21(28)8-9-30-20-11-17(18-13-26-27(3)14-18)10-19(12-20)22(23,24)25;1-3-5-6-13(4-2)12-24-17(23)7-8-25-16-10-14(18(20,21)22)9-15(19)11-16;1-3-14-20-8-15(24-14)23-13-5-10(11-7-21-22(2)9-11)4-12(6-13)16(17,18)19;1-22-8-10(6-21-22)9-2-11(15(16,17)18)4-12(3-9)26(23,24)14-7-20-13(5-19)25-14;1-9(2)10(3,4)15-11(14-9)8-6-12-13(5)7-8;8-5-1-4(7(10,11)12)2-6(9)3-5;1-2-5-7-3-4(6)8-5/h10-14,16H,4-9,15H2,1-3H3;9-11,13H,3-8,12H2,1-2H3;4-9H,3H2,1-2H3;2-4,6-8H,5,19H2,1H3;6-7H,1-5H3;1-3H;3H,2H2,1H3. The molecule has 2 atom stereocenters. The van der Waals surface area contributed by atoms with Crippen LogP contribution in [0.1, 0.15) is 176 Å². The Morgan fingerprint density at radius 1 is 0.457 bits per heavy atom. The summed E-state index contributed by atoms with van der Waals surface area (Å²) < 4.78 is 251. The molecule has 0 radical (unpaired) electrons. The maximum Gasteiger partial charge on any atom is 0.498 e. The summed E-state index contributed by atoms with van der Waals surface area (Å²) in [5, 5.41) is 18.6. The molecular weight excluding hydrogens is 2250 g/mol. The van der Waals surface area contributed by atoms with E-state index in [1.54, 1.807) is 102 Å². The van der Waals surface area contributed by atoms with Crippen molar-refractivity contribution >= 4 is 167 Å². The van der Waals surface area contributed by atoms with Crippen molar-refractivity contribution in [3.05, 3.63) is 219 Å². The number of ether oxygens (including phenoxy) is 2. The van der Waals surface area contributed by atoms with Gasteiger partial charge in [0.25, 0.3) is 0 Å². The van der Waals surface area contributed by atoms with Gasteiger partial charge in [0.05, 0.1) is 125 Å². The number of carbonyl (C=O) groups is 2. The van der Waals surface area contributed by atoms with Gasteiger partial charge >= 0.3 is 49.9 Å². The maximum atomic E-state index is 13.3. The highest BCUT2D eigenvalue weighted by Crippen LogP contribution is 2.44. The predicted molar refractivity (Wildman–Crippen MR) is 535 cm³/mol. The molecule has 2 unspecified atom stereocenters. The molecule has 0 saturated carbocycles. The molecule has 0 amide bonds. The molecular formula is C93H106BBr4F15N12O8S7. The minimum Gasteiger partial charge on any atom is -0.465 e. The van der Waals surface area contributed by atoms with Crippen LogP contribution < -0.4 is 11.2 Å². The zero-order chi connectivity index (χ0) is 104. The smallest absolute Gasteiger partial charge is 0.465 e. The number of benzene rings is 5. The number of rotatable bonds is 31. The lowest BCUT2D eigenvalue weighted by atomic mass is 9.82. The number of hydrogen-bond donors (Lipinski definition) is 1. The van der Waals surface area contributed by atoms with E-state index < -0.39 is 73.4 Å². The van der Waals surface area contributed by atoms with Gasteiger partial charge in [0, 0.05) is 127 Å². The molecule has 764 valence electrons. The van der Waals surface area contributed by atoms with Gasteiger partial charge in [-0.25, -0.2) is 23.4 Å². The number of aryl methyl sites for hydroxylation is 6. The summed E-state index contributed by atoms with van der Waals surface area (Å²) in [6, 6.07) is 18.1. The van der Waals surface area contributed by atoms with Gasteiger partial charge in [0.15, 0.2) is 0 Å². The van der Waals surface area contributed by atoms with Crippen LogP contribution in [0.3, 0.4) is 0 Å². The van der Waals surface area contributed by atoms with Crippen molar-refractivity contribution in [3.63, 3.8) is 0 Å². The van der Waals surface area contributed by atoms with Gasteiger partial charge in [0.1, 0.15) is 9.22 Å². The highest BCUT2D eigenvalue weighted by molar-refractivity contribution is 9.11. The average Bonchev–Trinajstić information content (AvgIpc) is 1.59. The van der Waals surface area contributed by atoms with Crippen molar-refractivity contribution in [3.8, 4) is 33.4 Å². The zero-order valence-electron chi connectivity index (χ0n) is 78.6. The number of nitrogens with two attached hydrogens (primary N) is 1. The van der Waals surface area contributed by atoms with E-state index in [4.69, 9.17) is 24.5 Å². The molecule has 5 aromatic carbocycles. The first-order valence-electron chi connectivity index (χ1n) is 43.6. The second-order valence-corrected chi connectivity index (χ2v) is 45.8. The fourth-order valence-electron chi connectivity index (χ4n) is 12.4. The molecule has 0 aliphatic carbocycles. The normalized spacial score (nSPS) is 13.5. The van der Waals surface area contributed by atoms with Gasteiger partial charge in [-0.15, -0.1) is 57.5 Å². The van der Waals surface area contributed by atoms with Gasteiger partial charge in [-0.3, -0.25) is 28.3 Å². The molecule has 20 nitrogen and oxygen atoms in total. The van der Waals surface area contributed by atoms with E-state index in [9.17, 15) is 83.9 Å². The molecule has 12 aromatic rings. The first kappa shape index (κ1) is 120. The Morgan fingerprint density at radius 3 is 1.21 bits per heavy atom. The van der Waals surface area contributed by atoms with Crippen LogP contribution in [0.4, 0.5) is 65.9 Å². The fraction of sp³-hybridized carbons (Fsp3) is 0.430. The van der Waals surface area contributed by atoms with E-state index in [-0.39, 0.29) is 59.4 Å². The van der Waals surface area contributed by atoms with Crippen molar-refractivity contribution in [2.45, 2.75) is 223 Å². The lowest BCUT2D eigenvalue weighted by Gasteiger charge is -2.32. The molecule has 0 spiro atoms. The molecule has 13 rings (SSSR count). The van der Waals surface area contributed by atoms with Crippen LogP contribution >= 0.6 is 133 Å². The zero-order valence-corrected chi connectivity index (χ0v) is 90.6. The van der Waals surface area contributed by atoms with Crippen LogP contribution in [-0.2, 0) is 117 Å². The van der Waals surface area contributed by atoms with E-state index in [0.29, 0.717) is 104 Å². The lowest BCUT2D eigenvalue weighted by Crippen LogP contribution is -2.41. The number of unbranched alkanes of at least 4 members (excludes halogenated alkanes) is 2. The first-order chi connectivity index (χ1) is 65.5. The third-order valence-corrected chi connectivity index (χ3v) is 31.2. The number of nitrogens with zero attached hydrogens (tertiary/aromatic N) is 11. The number of hydrogen-bond acceptors (Lipinski definition) is 22. The molecule has 7 aromatic heterocycles. The number of esters is 2. The van der Waals surface area contributed by atoms with Crippen molar-refractivity contribution in [2.75, 3.05) is 24.7 Å². The van der Waals surface area contributed by atoms with E-state index in [2.05, 4.69) is 134 Å². The first-order valence-corrected chi connectivity index (χ1v) is 53.5. The summed E-state index contributed by atoms with van der Waals surface area (Å²) in [6.07, 6.45) is 6.16. The minimum atomic E-state index is -4.70. The van der Waals surface area contributed by atoms with E-state index in [1.165, 1.54) is 87.0 Å². The largest absolute Gasteiger partial charge is 0.498 e. The Balaban J connectivity index is 0.000000228. The topological polar surface area (TPSA) is 241 Å². The predicted octanol–water partition coefficient (Wildman–Crippen LogP) is 28.6. The van der Waals surface area contributed by atoms with E-state index in [1.807, 2.05) is 54.1 Å². The summed E-state index contributed by atoms with van der Waals surface area (Å²) in [5.74, 6) is 0.893. The monoisotopic (exact) mass is 2350 g/mol. The van der Waals surface area contributed by atoms with E-state index >= 15 is 0 Å². The van der Waals surface area contributed by atoms with Crippen molar-refractivity contribution in [1.29, 1.82) is 0 Å². The fourth-order valence-corrected chi connectivity index (χ4v) is 22.0. The van der Waals surface area contributed by atoms with Gasteiger partial charge in [-0.2, -0.15) is 86.3 Å². The summed E-state index contributed by atoms with van der Waals surface area (Å²) in [6.45, 7) is 21.6. The minimum absolute atomic E-state index is 0.0453. The molecule has 1 aliphatic rings. The second kappa shape index (κ2) is 54.7. The summed E-state index contributed by atoms with van der Waals surface area (Å²) in [4.78, 5) is 37.0. The Hall–Kier alpha value is -7.42. The van der Waals surface area contributed by atoms with Crippen LogP contribution in [0.5, 0.6) is 0 Å². The second-order valence-electron chi connectivity index (χ2n) is 32.4.